The van der Waals surface area contributed by atoms with Crippen molar-refractivity contribution in [3.05, 3.63) is 11.9 Å². The van der Waals surface area contributed by atoms with Gasteiger partial charge >= 0.3 is 0 Å². The van der Waals surface area contributed by atoms with Crippen molar-refractivity contribution in [2.24, 2.45) is 0 Å². The molecule has 1 aliphatic rings. The predicted molar refractivity (Wildman–Crippen MR) is 69.6 cm³/mol. The first kappa shape index (κ1) is 13.8. The highest BCUT2D eigenvalue weighted by Crippen LogP contribution is 2.19. The summed E-state index contributed by atoms with van der Waals surface area (Å²) in [5.41, 5.74) is 5.39. The highest BCUT2D eigenvalue weighted by atomic mass is 16.5. The fourth-order valence-corrected chi connectivity index (χ4v) is 2.03. The van der Waals surface area contributed by atoms with Crippen molar-refractivity contribution in [2.45, 2.75) is 31.9 Å². The summed E-state index contributed by atoms with van der Waals surface area (Å²) in [7, 11) is 0. The Morgan fingerprint density at radius 1 is 1.63 bits per heavy atom. The summed E-state index contributed by atoms with van der Waals surface area (Å²) in [6.45, 7) is 3.78. The third kappa shape index (κ3) is 3.24. The van der Waals surface area contributed by atoms with E-state index in [1.54, 1.807) is 10.9 Å². The number of carbonyl (C=O) groups is 1. The van der Waals surface area contributed by atoms with Gasteiger partial charge in [0.05, 0.1) is 11.3 Å². The average Bonchev–Trinajstić information content (AvgIpc) is 2.78. The summed E-state index contributed by atoms with van der Waals surface area (Å²) in [5, 5.41) is 17.0. The van der Waals surface area contributed by atoms with Crippen LogP contribution >= 0.6 is 0 Å². The van der Waals surface area contributed by atoms with E-state index < -0.39 is 5.60 Å². The largest absolute Gasteiger partial charge is 0.396 e. The fourth-order valence-electron chi connectivity index (χ4n) is 2.03. The Labute approximate surface area is 111 Å². The van der Waals surface area contributed by atoms with Crippen LogP contribution in [0.4, 0.5) is 5.69 Å². The van der Waals surface area contributed by atoms with E-state index in [0.717, 1.165) is 0 Å². The van der Waals surface area contributed by atoms with Gasteiger partial charge in [0.2, 0.25) is 0 Å². The zero-order chi connectivity index (χ0) is 13.9. The van der Waals surface area contributed by atoms with Crippen LogP contribution in [0.15, 0.2) is 6.20 Å². The van der Waals surface area contributed by atoms with Crippen LogP contribution < -0.4 is 11.1 Å². The van der Waals surface area contributed by atoms with E-state index in [0.29, 0.717) is 38.3 Å². The maximum Gasteiger partial charge on any atom is 0.274 e. The first-order valence-corrected chi connectivity index (χ1v) is 6.45. The lowest BCUT2D eigenvalue weighted by atomic mass is 9.94. The number of nitrogens with zero attached hydrogens (tertiary/aromatic N) is 2. The molecule has 106 valence electrons. The molecule has 1 aromatic rings. The van der Waals surface area contributed by atoms with Crippen molar-refractivity contribution in [1.29, 1.82) is 0 Å². The summed E-state index contributed by atoms with van der Waals surface area (Å²) in [6, 6.07) is 0. The molecule has 0 saturated carbocycles. The van der Waals surface area contributed by atoms with Gasteiger partial charge in [0.25, 0.3) is 5.91 Å². The lowest BCUT2D eigenvalue weighted by Crippen LogP contribution is -2.46. The average molecular weight is 268 g/mol. The first-order valence-electron chi connectivity index (χ1n) is 6.45. The normalized spacial score (nSPS) is 18.2. The molecule has 1 fully saturated rings. The molecule has 0 unspecified atom stereocenters. The highest BCUT2D eigenvalue weighted by molar-refractivity contribution is 5.97. The van der Waals surface area contributed by atoms with Crippen molar-refractivity contribution >= 4 is 11.6 Å². The van der Waals surface area contributed by atoms with Crippen LogP contribution in [0.3, 0.4) is 0 Å². The molecular weight excluding hydrogens is 248 g/mol. The number of aromatic nitrogens is 2. The summed E-state index contributed by atoms with van der Waals surface area (Å²) >= 11 is 0. The van der Waals surface area contributed by atoms with Gasteiger partial charge < -0.3 is 20.9 Å². The Morgan fingerprint density at radius 2 is 2.32 bits per heavy atom. The van der Waals surface area contributed by atoms with Gasteiger partial charge in [-0.25, -0.2) is 0 Å². The number of amides is 1. The van der Waals surface area contributed by atoms with Gasteiger partial charge in [-0.15, -0.1) is 0 Å². The van der Waals surface area contributed by atoms with Crippen LogP contribution in [0.2, 0.25) is 0 Å². The van der Waals surface area contributed by atoms with Gasteiger partial charge in [0.1, 0.15) is 0 Å². The number of aryl methyl sites for hydroxylation is 1. The number of nitrogens with one attached hydrogen (secondary N) is 1. The smallest absolute Gasteiger partial charge is 0.274 e. The number of hydrogen-bond acceptors (Lipinski definition) is 5. The third-order valence-electron chi connectivity index (χ3n) is 3.33. The van der Waals surface area contributed by atoms with Gasteiger partial charge in [0.15, 0.2) is 5.69 Å². The lowest BCUT2D eigenvalue weighted by Gasteiger charge is -2.31. The van der Waals surface area contributed by atoms with E-state index in [1.807, 2.05) is 6.92 Å². The van der Waals surface area contributed by atoms with Crippen LogP contribution in [0, 0.1) is 0 Å². The summed E-state index contributed by atoms with van der Waals surface area (Å²) < 4.78 is 6.79. The SMILES string of the molecule is CCn1cc(N)c(C(=O)NCC2(O)CCOCC2)n1. The van der Waals surface area contributed by atoms with E-state index in [4.69, 9.17) is 10.5 Å². The Hall–Kier alpha value is -1.60. The van der Waals surface area contributed by atoms with Crippen LogP contribution in [0.1, 0.15) is 30.3 Å². The molecule has 0 bridgehead atoms. The number of carbonyl (C=O) groups excluding carboxylic acids is 1. The quantitative estimate of drug-likeness (QED) is 0.699. The zero-order valence-electron chi connectivity index (χ0n) is 11.1. The minimum atomic E-state index is -0.893. The van der Waals surface area contributed by atoms with Crippen molar-refractivity contribution in [3.8, 4) is 0 Å². The zero-order valence-corrected chi connectivity index (χ0v) is 11.1. The Kier molecular flexibility index (Phi) is 4.06. The van der Waals surface area contributed by atoms with Gasteiger partial charge in [-0.1, -0.05) is 0 Å². The fraction of sp³-hybridized carbons (Fsp3) is 0.667. The minimum Gasteiger partial charge on any atom is -0.396 e. The summed E-state index contributed by atoms with van der Waals surface area (Å²) in [6.07, 6.45) is 2.66. The molecule has 2 heterocycles. The number of rotatable bonds is 4. The monoisotopic (exact) mass is 268 g/mol. The highest BCUT2D eigenvalue weighted by Gasteiger charge is 2.30. The second-order valence-electron chi connectivity index (χ2n) is 4.81. The number of nitrogens with two attached hydrogens (primary N) is 1. The number of hydrogen-bond donors (Lipinski definition) is 3. The Bertz CT molecular complexity index is 452. The molecule has 0 atom stereocenters. The van der Waals surface area contributed by atoms with Crippen LogP contribution in [0.5, 0.6) is 0 Å². The van der Waals surface area contributed by atoms with Crippen molar-refractivity contribution < 1.29 is 14.6 Å². The number of ether oxygens (including phenoxy) is 1. The van der Waals surface area contributed by atoms with Crippen molar-refractivity contribution in [2.75, 3.05) is 25.5 Å². The van der Waals surface area contributed by atoms with Crippen molar-refractivity contribution in [1.82, 2.24) is 15.1 Å². The molecule has 1 aliphatic heterocycles. The molecule has 0 radical (unpaired) electrons. The molecule has 4 N–H and O–H groups in total. The van der Waals surface area contributed by atoms with Gasteiger partial charge in [-0.05, 0) is 6.92 Å². The standard InChI is InChI=1S/C12H20N4O3/c1-2-16-7-9(13)10(15-16)11(17)14-8-12(18)3-5-19-6-4-12/h7,18H,2-6,8,13H2,1H3,(H,14,17). The van der Waals surface area contributed by atoms with Gasteiger partial charge in [-0.3, -0.25) is 9.48 Å². The van der Waals surface area contributed by atoms with E-state index in [9.17, 15) is 9.90 Å². The van der Waals surface area contributed by atoms with Crippen LogP contribution in [-0.4, -0.2) is 46.2 Å². The first-order chi connectivity index (χ1) is 9.04. The van der Waals surface area contributed by atoms with E-state index in [1.165, 1.54) is 0 Å². The van der Waals surface area contributed by atoms with Crippen LogP contribution in [0.25, 0.3) is 0 Å². The van der Waals surface area contributed by atoms with E-state index >= 15 is 0 Å². The lowest BCUT2D eigenvalue weighted by molar-refractivity contribution is -0.0605. The molecule has 1 saturated heterocycles. The third-order valence-corrected chi connectivity index (χ3v) is 3.33. The molecule has 7 nitrogen and oxygen atoms in total. The van der Waals surface area contributed by atoms with Gasteiger partial charge in [0, 0.05) is 45.3 Å². The predicted octanol–water partition coefficient (Wildman–Crippen LogP) is -0.243. The maximum atomic E-state index is 12.0. The molecule has 0 spiro atoms. The second kappa shape index (κ2) is 5.58. The van der Waals surface area contributed by atoms with Crippen molar-refractivity contribution in [3.63, 3.8) is 0 Å². The molecule has 1 aromatic heterocycles. The van der Waals surface area contributed by atoms with E-state index in [-0.39, 0.29) is 18.1 Å². The molecule has 19 heavy (non-hydrogen) atoms. The minimum absolute atomic E-state index is 0.188. The topological polar surface area (TPSA) is 102 Å². The molecule has 1 amide bonds. The van der Waals surface area contributed by atoms with E-state index in [2.05, 4.69) is 10.4 Å². The van der Waals surface area contributed by atoms with Crippen LogP contribution in [-0.2, 0) is 11.3 Å². The van der Waals surface area contributed by atoms with Gasteiger partial charge in [-0.2, -0.15) is 5.10 Å². The molecule has 0 aliphatic carbocycles. The molecule has 2 rings (SSSR count). The molecule has 0 aromatic carbocycles. The summed E-state index contributed by atoms with van der Waals surface area (Å²) in [4.78, 5) is 12.0. The molecule has 7 heteroatoms. The number of aliphatic hydroxyl groups is 1. The Morgan fingerprint density at radius 3 is 2.89 bits per heavy atom. The second-order valence-corrected chi connectivity index (χ2v) is 4.81. The molecular formula is C12H20N4O3. The number of nitrogen functional groups attached to an aromatic ring is 1. The number of anilines is 1. The maximum absolute atomic E-state index is 12.0. The Balaban J connectivity index is 1.95. The summed E-state index contributed by atoms with van der Waals surface area (Å²) in [5.74, 6) is -0.357.